The van der Waals surface area contributed by atoms with E-state index in [1.165, 1.54) is 23.5 Å². The lowest BCUT2D eigenvalue weighted by molar-refractivity contribution is -0.137. The molecule has 1 aliphatic rings. The summed E-state index contributed by atoms with van der Waals surface area (Å²) in [7, 11) is 0. The van der Waals surface area contributed by atoms with Crippen molar-refractivity contribution in [1.82, 2.24) is 0 Å². The number of halogens is 2. The number of rotatable bonds is 8. The van der Waals surface area contributed by atoms with Crippen LogP contribution in [0.1, 0.15) is 41.9 Å². The molecule has 3 aromatic rings. The lowest BCUT2D eigenvalue weighted by Gasteiger charge is -2.16. The van der Waals surface area contributed by atoms with Crippen LogP contribution in [-0.4, -0.2) is 11.1 Å². The van der Waals surface area contributed by atoms with Crippen LogP contribution >= 0.6 is 27.3 Å². The van der Waals surface area contributed by atoms with Gasteiger partial charge in [-0.05, 0) is 81.9 Å². The number of benzene rings is 2. The lowest BCUT2D eigenvalue weighted by atomic mass is 9.91. The van der Waals surface area contributed by atoms with Crippen molar-refractivity contribution in [2.24, 2.45) is 5.92 Å². The number of thiophene rings is 1. The fourth-order valence-electron chi connectivity index (χ4n) is 3.67. The zero-order chi connectivity index (χ0) is 22.0. The molecule has 1 aliphatic carbocycles. The van der Waals surface area contributed by atoms with Crippen LogP contribution in [0.5, 0.6) is 5.75 Å². The second kappa shape index (κ2) is 9.21. The quantitative estimate of drug-likeness (QED) is 0.372. The fourth-order valence-corrected chi connectivity index (χ4v) is 5.51. The number of ether oxygens (including phenoxy) is 1. The third kappa shape index (κ3) is 4.97. The molecule has 0 radical (unpaired) electrons. The number of nitrogens with zero attached hydrogens (tertiary/aromatic N) is 1. The Hall–Kier alpha value is -2.69. The summed E-state index contributed by atoms with van der Waals surface area (Å²) >= 11 is 4.93. The molecule has 0 saturated heterocycles. The first-order valence-corrected chi connectivity index (χ1v) is 11.5. The highest BCUT2D eigenvalue weighted by Gasteiger charge is 2.33. The van der Waals surface area contributed by atoms with Gasteiger partial charge in [0.1, 0.15) is 18.2 Å². The molecule has 0 amide bonds. The number of hydrogen-bond donors (Lipinski definition) is 1. The van der Waals surface area contributed by atoms with Crippen LogP contribution in [0.4, 0.5) is 4.39 Å². The van der Waals surface area contributed by atoms with Crippen molar-refractivity contribution in [1.29, 1.82) is 5.26 Å². The predicted octanol–water partition coefficient (Wildman–Crippen LogP) is 6.74. The van der Waals surface area contributed by atoms with E-state index in [1.54, 1.807) is 6.07 Å². The molecular formula is C24H19BrFNO3S. The summed E-state index contributed by atoms with van der Waals surface area (Å²) in [6, 6.07) is 14.0. The van der Waals surface area contributed by atoms with Crippen LogP contribution in [0.2, 0.25) is 0 Å². The van der Waals surface area contributed by atoms with Gasteiger partial charge in [0.2, 0.25) is 0 Å². The minimum absolute atomic E-state index is 0.0101. The Kier molecular flexibility index (Phi) is 6.40. The second-order valence-electron chi connectivity index (χ2n) is 7.61. The molecule has 1 unspecified atom stereocenters. The first kappa shape index (κ1) is 21.5. The Morgan fingerprint density at radius 3 is 2.84 bits per heavy atom. The SMILES string of the molecule is N#Cc1ccc(F)c(-c2scc(COc3cccc(C(CC(=O)O)C4CC4)c3)c2Br)c1. The van der Waals surface area contributed by atoms with E-state index < -0.39 is 5.97 Å². The predicted molar refractivity (Wildman–Crippen MR) is 121 cm³/mol. The van der Waals surface area contributed by atoms with E-state index >= 15 is 0 Å². The van der Waals surface area contributed by atoms with Gasteiger partial charge >= 0.3 is 5.97 Å². The standard InChI is InChI=1S/C24H19BrFNO3S/c25-23-17(13-31-24(23)20-8-14(11-27)4-7-21(20)26)12-30-18-3-1-2-16(9-18)19(10-22(28)29)15-5-6-15/h1-4,7-9,13,15,19H,5-6,10,12H2,(H,28,29). The van der Waals surface area contributed by atoms with E-state index in [1.807, 2.05) is 35.7 Å². The van der Waals surface area contributed by atoms with Crippen molar-refractivity contribution >= 4 is 33.2 Å². The summed E-state index contributed by atoms with van der Waals surface area (Å²) in [5.41, 5.74) is 2.64. The second-order valence-corrected chi connectivity index (χ2v) is 9.29. The number of aliphatic carboxylic acids is 1. The molecule has 1 aromatic heterocycles. The van der Waals surface area contributed by atoms with Crippen molar-refractivity contribution in [3.8, 4) is 22.3 Å². The highest BCUT2D eigenvalue weighted by atomic mass is 79.9. The summed E-state index contributed by atoms with van der Waals surface area (Å²) in [6.45, 7) is 0.285. The molecule has 1 fully saturated rings. The molecule has 4 nitrogen and oxygen atoms in total. The minimum atomic E-state index is -0.786. The van der Waals surface area contributed by atoms with Crippen molar-refractivity contribution < 1.29 is 19.0 Å². The van der Waals surface area contributed by atoms with Crippen LogP contribution < -0.4 is 4.74 Å². The van der Waals surface area contributed by atoms with Gasteiger partial charge in [0.05, 0.1) is 22.9 Å². The average molecular weight is 500 g/mol. The number of carboxylic acids is 1. The summed E-state index contributed by atoms with van der Waals surface area (Å²) in [5, 5.41) is 20.2. The van der Waals surface area contributed by atoms with Crippen molar-refractivity contribution in [2.75, 3.05) is 0 Å². The van der Waals surface area contributed by atoms with Crippen molar-refractivity contribution in [2.45, 2.75) is 31.8 Å². The molecule has 4 rings (SSSR count). The number of nitriles is 1. The molecule has 1 atom stereocenters. The Morgan fingerprint density at radius 2 is 2.13 bits per heavy atom. The molecule has 0 bridgehead atoms. The van der Waals surface area contributed by atoms with Crippen LogP contribution in [-0.2, 0) is 11.4 Å². The monoisotopic (exact) mass is 499 g/mol. The number of carbonyl (C=O) groups is 1. The average Bonchev–Trinajstić information content (AvgIpc) is 3.54. The fraction of sp³-hybridized carbons (Fsp3) is 0.250. The smallest absolute Gasteiger partial charge is 0.303 e. The van der Waals surface area contributed by atoms with Gasteiger partial charge in [0, 0.05) is 15.6 Å². The van der Waals surface area contributed by atoms with Gasteiger partial charge in [-0.1, -0.05) is 12.1 Å². The number of carboxylic acid groups (broad SMARTS) is 1. The van der Waals surface area contributed by atoms with Crippen LogP contribution in [0.15, 0.2) is 52.3 Å². The first-order valence-electron chi connectivity index (χ1n) is 9.86. The molecule has 1 heterocycles. The summed E-state index contributed by atoms with van der Waals surface area (Å²) < 4.78 is 21.0. The maximum absolute atomic E-state index is 14.3. The normalized spacial score (nSPS) is 14.1. The molecule has 0 spiro atoms. The summed E-state index contributed by atoms with van der Waals surface area (Å²) in [6.07, 6.45) is 2.26. The van der Waals surface area contributed by atoms with Gasteiger partial charge in [-0.15, -0.1) is 11.3 Å². The zero-order valence-corrected chi connectivity index (χ0v) is 18.9. The van der Waals surface area contributed by atoms with Crippen LogP contribution in [0.25, 0.3) is 10.4 Å². The van der Waals surface area contributed by atoms with Crippen molar-refractivity contribution in [3.63, 3.8) is 0 Å². The van der Waals surface area contributed by atoms with E-state index in [-0.39, 0.29) is 24.8 Å². The molecular weight excluding hydrogens is 481 g/mol. The van der Waals surface area contributed by atoms with Crippen LogP contribution in [0.3, 0.4) is 0 Å². The van der Waals surface area contributed by atoms with Gasteiger partial charge in [0.25, 0.3) is 0 Å². The van der Waals surface area contributed by atoms with Crippen molar-refractivity contribution in [3.05, 3.63) is 74.8 Å². The summed E-state index contributed by atoms with van der Waals surface area (Å²) in [4.78, 5) is 12.0. The largest absolute Gasteiger partial charge is 0.489 e. The first-order chi connectivity index (χ1) is 15.0. The molecule has 31 heavy (non-hydrogen) atoms. The van der Waals surface area contributed by atoms with Gasteiger partial charge in [-0.25, -0.2) is 4.39 Å². The summed E-state index contributed by atoms with van der Waals surface area (Å²) in [5.74, 6) is -0.0577. The minimum Gasteiger partial charge on any atom is -0.489 e. The van der Waals surface area contributed by atoms with Gasteiger partial charge in [-0.3, -0.25) is 4.79 Å². The Balaban J connectivity index is 1.51. The maximum atomic E-state index is 14.3. The maximum Gasteiger partial charge on any atom is 0.303 e. The lowest BCUT2D eigenvalue weighted by Crippen LogP contribution is -2.08. The van der Waals surface area contributed by atoms with E-state index in [2.05, 4.69) is 15.9 Å². The molecule has 0 aliphatic heterocycles. The van der Waals surface area contributed by atoms with Gasteiger partial charge < -0.3 is 9.84 Å². The topological polar surface area (TPSA) is 70.3 Å². The highest BCUT2D eigenvalue weighted by Crippen LogP contribution is 2.45. The van der Waals surface area contributed by atoms with Crippen LogP contribution in [0, 0.1) is 23.1 Å². The zero-order valence-electron chi connectivity index (χ0n) is 16.5. The van der Waals surface area contributed by atoms with E-state index in [4.69, 9.17) is 10.00 Å². The molecule has 1 N–H and O–H groups in total. The number of hydrogen-bond acceptors (Lipinski definition) is 4. The Bertz CT molecular complexity index is 1170. The van der Waals surface area contributed by atoms with E-state index in [9.17, 15) is 14.3 Å². The Labute approximate surface area is 192 Å². The van der Waals surface area contributed by atoms with E-state index in [0.29, 0.717) is 27.7 Å². The molecule has 7 heteroatoms. The third-order valence-corrected chi connectivity index (χ3v) is 7.64. The van der Waals surface area contributed by atoms with Gasteiger partial charge in [-0.2, -0.15) is 5.26 Å². The van der Waals surface area contributed by atoms with E-state index in [0.717, 1.165) is 28.4 Å². The third-order valence-electron chi connectivity index (χ3n) is 5.41. The molecule has 158 valence electrons. The highest BCUT2D eigenvalue weighted by molar-refractivity contribution is 9.10. The van der Waals surface area contributed by atoms with Gasteiger partial charge in [0.15, 0.2) is 0 Å². The molecule has 1 saturated carbocycles. The Morgan fingerprint density at radius 1 is 1.32 bits per heavy atom. The molecule has 2 aromatic carbocycles.